The molecule has 6 rings (SSSR count). The predicted octanol–water partition coefficient (Wildman–Crippen LogP) is 1.82. The second kappa shape index (κ2) is 1.67. The van der Waals surface area contributed by atoms with Crippen LogP contribution in [-0.4, -0.2) is 16.0 Å². The second-order valence-electron chi connectivity index (χ2n) is 6.06. The summed E-state index contributed by atoms with van der Waals surface area (Å²) in [4.78, 5) is 1.93. The molecule has 0 radical (unpaired) electrons. The molecule has 1 aliphatic heterocycles. The van der Waals surface area contributed by atoms with E-state index >= 15 is 0 Å². The van der Waals surface area contributed by atoms with Gasteiger partial charge in [0.15, 0.2) is 0 Å². The van der Waals surface area contributed by atoms with Crippen LogP contribution in [0.15, 0.2) is 11.6 Å². The lowest BCUT2D eigenvalue weighted by molar-refractivity contribution is 0.177. The highest BCUT2D eigenvalue weighted by atomic mass is 32.2. The Morgan fingerprint density at radius 1 is 1.57 bits per heavy atom. The first-order chi connectivity index (χ1) is 6.73. The largest absolute Gasteiger partial charge is 0.474 e. The van der Waals surface area contributed by atoms with E-state index in [1.807, 2.05) is 10.4 Å². The minimum absolute atomic E-state index is 0.461. The summed E-state index contributed by atoms with van der Waals surface area (Å²) < 4.78 is 0. The van der Waals surface area contributed by atoms with Crippen LogP contribution in [0.4, 0.5) is 0 Å². The summed E-state index contributed by atoms with van der Waals surface area (Å²) in [5, 5.41) is 0.986. The molecular weight excluding hydrogens is 188 g/mol. The smallest absolute Gasteiger partial charge is 0.00523 e. The Bertz CT molecular complexity index is 491. The van der Waals surface area contributed by atoms with Gasteiger partial charge in [0.25, 0.3) is 0 Å². The lowest BCUT2D eigenvalue weighted by Crippen LogP contribution is -2.59. The number of hydrogen-bond donors (Lipinski definition) is 0. The van der Waals surface area contributed by atoms with Crippen molar-refractivity contribution in [1.82, 2.24) is 0 Å². The summed E-state index contributed by atoms with van der Waals surface area (Å²) in [6.07, 6.45) is 5.56. The number of fused-ring (bicyclic) bond motifs is 2. The van der Waals surface area contributed by atoms with E-state index in [0.717, 1.165) is 28.9 Å². The molecule has 1 heterocycles. The summed E-state index contributed by atoms with van der Waals surface area (Å²) in [6, 6.07) is 0. The molecule has 6 unspecified atom stereocenters. The van der Waals surface area contributed by atoms with Crippen LogP contribution in [0.2, 0.25) is 0 Å². The van der Waals surface area contributed by atoms with Gasteiger partial charge < -0.3 is 10.1 Å². The molecule has 0 saturated heterocycles. The molecule has 3 saturated carbocycles. The molecule has 2 bridgehead atoms. The van der Waals surface area contributed by atoms with Crippen LogP contribution in [-0.2, 0) is 10.1 Å². The van der Waals surface area contributed by atoms with E-state index in [4.69, 9.17) is 0 Å². The van der Waals surface area contributed by atoms with Crippen LogP contribution >= 0.6 is 0 Å². The zero-order chi connectivity index (χ0) is 9.24. The molecule has 1 heteroatoms. The summed E-state index contributed by atoms with van der Waals surface area (Å²) in [7, 11) is 0.461. The van der Waals surface area contributed by atoms with Crippen molar-refractivity contribution in [3.63, 3.8) is 0 Å². The van der Waals surface area contributed by atoms with Crippen molar-refractivity contribution in [2.45, 2.75) is 25.0 Å². The molecule has 0 aromatic carbocycles. The van der Waals surface area contributed by atoms with E-state index in [0.29, 0.717) is 15.5 Å². The van der Waals surface area contributed by atoms with E-state index in [2.05, 4.69) is 18.9 Å². The van der Waals surface area contributed by atoms with Crippen molar-refractivity contribution in [1.29, 1.82) is 0 Å². The first kappa shape index (κ1) is 7.16. The Morgan fingerprint density at radius 2 is 2.36 bits per heavy atom. The molecule has 0 nitrogen and oxygen atoms in total. The second-order valence-corrected chi connectivity index (χ2v) is 7.94. The maximum atomic E-state index is 4.45. The minimum atomic E-state index is 0.461. The Hall–Kier alpha value is -0.170. The Labute approximate surface area is 86.9 Å². The molecular formula is C13H15S-. The van der Waals surface area contributed by atoms with Crippen molar-refractivity contribution in [2.75, 3.05) is 0 Å². The molecule has 14 heavy (non-hydrogen) atoms. The molecule has 6 aliphatic rings. The molecule has 0 N–H and O–H groups in total. The third-order valence-corrected chi connectivity index (χ3v) is 8.26. The molecule has 0 amide bonds. The van der Waals surface area contributed by atoms with Gasteiger partial charge in [-0.2, -0.15) is 4.86 Å². The van der Waals surface area contributed by atoms with Crippen LogP contribution in [0.1, 0.15) is 19.8 Å². The van der Waals surface area contributed by atoms with Gasteiger partial charge in [0.2, 0.25) is 0 Å². The number of allylic oxidation sites excluding steroid dienone is 2. The SMILES string of the molecule is C=[S-]1=C2C3CC3C3(C)C4=CC(C4)C1C23. The number of rotatable bonds is 0. The van der Waals surface area contributed by atoms with Gasteiger partial charge in [0.1, 0.15) is 0 Å². The fraction of sp³-hybridized carbons (Fsp3) is 0.692. The van der Waals surface area contributed by atoms with Crippen LogP contribution in [0.5, 0.6) is 0 Å². The van der Waals surface area contributed by atoms with E-state index in [1.165, 1.54) is 12.8 Å². The van der Waals surface area contributed by atoms with E-state index < -0.39 is 0 Å². The van der Waals surface area contributed by atoms with Crippen LogP contribution in [0, 0.1) is 29.1 Å². The zero-order valence-electron chi connectivity index (χ0n) is 8.49. The topological polar surface area (TPSA) is 0 Å². The molecule has 0 aromatic heterocycles. The Balaban J connectivity index is 1.89. The molecule has 0 spiro atoms. The monoisotopic (exact) mass is 203 g/mol. The molecule has 5 aliphatic carbocycles. The molecule has 3 fully saturated rings. The highest BCUT2D eigenvalue weighted by Gasteiger charge is 2.69. The van der Waals surface area contributed by atoms with Gasteiger partial charge in [-0.1, -0.05) is 18.6 Å². The maximum absolute atomic E-state index is 4.45. The van der Waals surface area contributed by atoms with E-state index in [9.17, 15) is 0 Å². The van der Waals surface area contributed by atoms with Crippen molar-refractivity contribution >= 4 is 20.8 Å². The fourth-order valence-corrected chi connectivity index (χ4v) is 7.83. The third-order valence-electron chi connectivity index (χ3n) is 5.82. The molecule has 74 valence electrons. The summed E-state index contributed by atoms with van der Waals surface area (Å²) >= 11 is 0. The number of hydrogen-bond acceptors (Lipinski definition) is 1. The van der Waals surface area contributed by atoms with Gasteiger partial charge >= 0.3 is 0 Å². The van der Waals surface area contributed by atoms with Gasteiger partial charge in [-0.25, -0.2) is 5.87 Å². The standard InChI is InChI=1S/C13H15S/c1-13-7-3-6(4-7)11-10(13)12(14(11)2)8-5-9(8)13/h3,6,8-11H,2,4-5H2,1H3/q-1. The third kappa shape index (κ3) is 0.445. The highest BCUT2D eigenvalue weighted by Crippen LogP contribution is 2.75. The van der Waals surface area contributed by atoms with Crippen molar-refractivity contribution in [2.24, 2.45) is 29.1 Å². The first-order valence-corrected chi connectivity index (χ1v) is 7.29. The summed E-state index contributed by atoms with van der Waals surface area (Å²) in [6.45, 7) is 2.57. The maximum Gasteiger partial charge on any atom is -0.00523 e. The minimum Gasteiger partial charge on any atom is -0.474 e. The highest BCUT2D eigenvalue weighted by molar-refractivity contribution is 7.96. The quantitative estimate of drug-likeness (QED) is 0.320. The lowest BCUT2D eigenvalue weighted by atomic mass is 9.54. The van der Waals surface area contributed by atoms with Crippen LogP contribution in [0.25, 0.3) is 0 Å². The van der Waals surface area contributed by atoms with Gasteiger partial charge in [-0.3, -0.25) is 0 Å². The molecule has 0 aromatic rings. The Kier molecular flexibility index (Phi) is 0.852. The van der Waals surface area contributed by atoms with Crippen LogP contribution in [0.3, 0.4) is 0 Å². The van der Waals surface area contributed by atoms with Gasteiger partial charge in [0.05, 0.1) is 0 Å². The zero-order valence-corrected chi connectivity index (χ0v) is 9.31. The van der Waals surface area contributed by atoms with Gasteiger partial charge in [-0.05, 0) is 41.9 Å². The van der Waals surface area contributed by atoms with Crippen molar-refractivity contribution in [3.8, 4) is 0 Å². The van der Waals surface area contributed by atoms with Gasteiger partial charge in [-0.15, -0.1) is 5.25 Å². The normalized spacial score (nSPS) is 66.2. The van der Waals surface area contributed by atoms with Crippen LogP contribution < -0.4 is 0 Å². The summed E-state index contributed by atoms with van der Waals surface area (Å²) in [5.41, 5.74) is 2.48. The average Bonchev–Trinajstić information content (AvgIpc) is 2.80. The van der Waals surface area contributed by atoms with Crippen molar-refractivity contribution < 1.29 is 0 Å². The fourth-order valence-electron chi connectivity index (χ4n) is 5.02. The van der Waals surface area contributed by atoms with Gasteiger partial charge in [0, 0.05) is 0 Å². The average molecular weight is 203 g/mol. The predicted molar refractivity (Wildman–Crippen MR) is 62.7 cm³/mol. The lowest BCUT2D eigenvalue weighted by Gasteiger charge is -2.66. The first-order valence-electron chi connectivity index (χ1n) is 5.83. The summed E-state index contributed by atoms with van der Waals surface area (Å²) in [5.74, 6) is 8.49. The van der Waals surface area contributed by atoms with Crippen molar-refractivity contribution in [3.05, 3.63) is 11.6 Å². The van der Waals surface area contributed by atoms with E-state index in [-0.39, 0.29) is 0 Å². The van der Waals surface area contributed by atoms with E-state index in [1.54, 1.807) is 0 Å². The Morgan fingerprint density at radius 3 is 3.14 bits per heavy atom. The molecule has 6 atom stereocenters.